The number of azide groups is 1. The molecule has 0 radical (unpaired) electrons. The van der Waals surface area contributed by atoms with Gasteiger partial charge < -0.3 is 19.1 Å². The van der Waals surface area contributed by atoms with E-state index in [9.17, 15) is 24.1 Å². The number of H-pyrrole nitrogens is 1. The molecule has 3 rings (SSSR count). The minimum absolute atomic E-state index is 0.167. The number of benzene rings is 1. The number of carbonyl (C=O) groups is 1. The molecule has 0 bridgehead atoms. The van der Waals surface area contributed by atoms with E-state index < -0.39 is 68.2 Å². The number of hydrogen-bond acceptors (Lipinski definition) is 10. The van der Waals surface area contributed by atoms with Crippen molar-refractivity contribution < 1.29 is 33.0 Å². The molecule has 1 aliphatic rings. The summed E-state index contributed by atoms with van der Waals surface area (Å²) in [5, 5.41) is 16.8. The molecule has 0 spiro atoms. The normalized spacial score (nSPS) is 23.3. The van der Waals surface area contributed by atoms with Gasteiger partial charge in [-0.05, 0) is 45.4 Å². The summed E-state index contributed by atoms with van der Waals surface area (Å²) in [5.74, 6) is -0.533. The van der Waals surface area contributed by atoms with Crippen molar-refractivity contribution in [2.75, 3.05) is 6.61 Å². The lowest BCUT2D eigenvalue weighted by atomic mass is 10.1. The van der Waals surface area contributed by atoms with Crippen LogP contribution in [0.3, 0.4) is 0 Å². The van der Waals surface area contributed by atoms with Crippen LogP contribution in [0.15, 0.2) is 51.2 Å². The molecule has 15 nitrogen and oxygen atoms in total. The Labute approximate surface area is 216 Å². The Hall–Kier alpha value is -3.45. The van der Waals surface area contributed by atoms with Crippen LogP contribution in [-0.4, -0.2) is 57.6 Å². The van der Waals surface area contributed by atoms with Gasteiger partial charge in [0.05, 0.1) is 18.8 Å². The predicted molar refractivity (Wildman–Crippen MR) is 133 cm³/mol. The first-order chi connectivity index (χ1) is 17.9. The summed E-state index contributed by atoms with van der Waals surface area (Å²) >= 11 is 0. The summed E-state index contributed by atoms with van der Waals surface area (Å²) in [7, 11) is -4.29. The number of aliphatic hydroxyl groups excluding tert-OH is 1. The molecule has 38 heavy (non-hydrogen) atoms. The zero-order valence-electron chi connectivity index (χ0n) is 21.1. The van der Waals surface area contributed by atoms with Gasteiger partial charge >= 0.3 is 19.4 Å². The number of aliphatic hydroxyl groups is 1. The van der Waals surface area contributed by atoms with Crippen molar-refractivity contribution in [1.29, 1.82) is 0 Å². The second-order valence-corrected chi connectivity index (χ2v) is 10.5. The van der Waals surface area contributed by atoms with Gasteiger partial charge in [-0.1, -0.05) is 23.3 Å². The van der Waals surface area contributed by atoms with Crippen LogP contribution in [0, 0.1) is 6.92 Å². The number of hydrogen-bond donors (Lipinski definition) is 3. The summed E-state index contributed by atoms with van der Waals surface area (Å²) < 4.78 is 36.6. The lowest BCUT2D eigenvalue weighted by molar-refractivity contribution is -0.149. The largest absolute Gasteiger partial charge is 0.462 e. The van der Waals surface area contributed by atoms with Gasteiger partial charge in [0, 0.05) is 16.7 Å². The van der Waals surface area contributed by atoms with E-state index in [1.54, 1.807) is 32.0 Å². The third-order valence-corrected chi connectivity index (χ3v) is 7.02. The number of nitrogens with one attached hydrogen (secondary N) is 2. The monoisotopic (exact) mass is 552 g/mol. The maximum Gasteiger partial charge on any atom is 0.459 e. The molecular weight excluding hydrogens is 523 g/mol. The second kappa shape index (κ2) is 12.4. The minimum atomic E-state index is -4.29. The molecule has 3 N–H and O–H groups in total. The van der Waals surface area contributed by atoms with E-state index in [2.05, 4.69) is 20.1 Å². The van der Waals surface area contributed by atoms with Crippen molar-refractivity contribution in [3.63, 3.8) is 0 Å². The molecule has 0 amide bonds. The summed E-state index contributed by atoms with van der Waals surface area (Å²) in [6, 6.07) is 5.64. The highest BCUT2D eigenvalue weighted by molar-refractivity contribution is 7.52. The predicted octanol–water partition coefficient (Wildman–Crippen LogP) is 1.92. The summed E-state index contributed by atoms with van der Waals surface area (Å²) in [6.45, 7) is 5.62. The molecule has 206 valence electrons. The van der Waals surface area contributed by atoms with Crippen molar-refractivity contribution in [3.05, 3.63) is 73.4 Å². The van der Waals surface area contributed by atoms with Crippen LogP contribution in [-0.2, 0) is 23.4 Å². The number of ether oxygens (including phenoxy) is 2. The van der Waals surface area contributed by atoms with Gasteiger partial charge in [0.25, 0.3) is 5.56 Å². The van der Waals surface area contributed by atoms with Crippen molar-refractivity contribution >= 4 is 13.7 Å². The molecule has 1 saturated heterocycles. The van der Waals surface area contributed by atoms with E-state index in [0.29, 0.717) is 0 Å². The SMILES string of the molecule is Cc1cn([C@@H]2O[C@H](CO[P@](=O)(N[C@H](C)C(=O)OC(C)C)Oc3ccccc3)[C@@H](O)[C@H]2N=[N+]=[N-])c(=O)[nH]c1=O. The Kier molecular flexibility index (Phi) is 9.50. The first-order valence-electron chi connectivity index (χ1n) is 11.6. The Morgan fingerprint density at radius 3 is 2.63 bits per heavy atom. The van der Waals surface area contributed by atoms with Crippen LogP contribution in [0.1, 0.15) is 32.6 Å². The van der Waals surface area contributed by atoms with Crippen molar-refractivity contribution in [2.24, 2.45) is 5.11 Å². The number of esters is 1. The number of para-hydroxylation sites is 1. The van der Waals surface area contributed by atoms with Gasteiger partial charge in [0.2, 0.25) is 0 Å². The van der Waals surface area contributed by atoms with E-state index >= 15 is 0 Å². The third kappa shape index (κ3) is 7.10. The van der Waals surface area contributed by atoms with E-state index in [1.807, 2.05) is 0 Å². The van der Waals surface area contributed by atoms with E-state index in [4.69, 9.17) is 24.1 Å². The van der Waals surface area contributed by atoms with Crippen molar-refractivity contribution in [3.8, 4) is 5.75 Å². The first-order valence-corrected chi connectivity index (χ1v) is 13.2. The molecule has 0 unspecified atom stereocenters. The maximum atomic E-state index is 13.7. The Bertz CT molecular complexity index is 1340. The topological polar surface area (TPSA) is 207 Å². The molecule has 1 fully saturated rings. The zero-order valence-corrected chi connectivity index (χ0v) is 22.0. The Morgan fingerprint density at radius 1 is 1.32 bits per heavy atom. The molecule has 0 aliphatic carbocycles. The number of rotatable bonds is 11. The molecule has 0 saturated carbocycles. The zero-order chi connectivity index (χ0) is 28.0. The lowest BCUT2D eigenvalue weighted by Crippen LogP contribution is -2.38. The number of aromatic nitrogens is 2. The van der Waals surface area contributed by atoms with E-state index in [-0.39, 0.29) is 11.3 Å². The maximum absolute atomic E-state index is 13.7. The molecule has 2 aromatic rings. The minimum Gasteiger partial charge on any atom is -0.462 e. The first kappa shape index (κ1) is 29.1. The molecule has 1 aliphatic heterocycles. The fourth-order valence-corrected chi connectivity index (χ4v) is 5.06. The Balaban J connectivity index is 1.84. The molecule has 6 atom stereocenters. The van der Waals surface area contributed by atoms with Gasteiger partial charge in [0.15, 0.2) is 0 Å². The molecular formula is C22H29N6O9P. The quantitative estimate of drug-likeness (QED) is 0.121. The highest BCUT2D eigenvalue weighted by Crippen LogP contribution is 2.46. The smallest absolute Gasteiger partial charge is 0.459 e. The highest BCUT2D eigenvalue weighted by Gasteiger charge is 2.46. The van der Waals surface area contributed by atoms with Crippen LogP contribution in [0.25, 0.3) is 10.4 Å². The van der Waals surface area contributed by atoms with Crippen molar-refractivity contribution in [2.45, 2.75) is 64.3 Å². The summed E-state index contributed by atoms with van der Waals surface area (Å²) in [4.78, 5) is 41.3. The third-order valence-electron chi connectivity index (χ3n) is 5.38. The highest BCUT2D eigenvalue weighted by atomic mass is 31.2. The fraction of sp³-hybridized carbons (Fsp3) is 0.500. The Morgan fingerprint density at radius 2 is 2.00 bits per heavy atom. The summed E-state index contributed by atoms with van der Waals surface area (Å²) in [5.41, 5.74) is 7.71. The average molecular weight is 552 g/mol. The lowest BCUT2D eigenvalue weighted by Gasteiger charge is -2.25. The number of nitrogens with zero attached hydrogens (tertiary/aromatic N) is 4. The van der Waals surface area contributed by atoms with Crippen LogP contribution < -0.4 is 20.9 Å². The van der Waals surface area contributed by atoms with Crippen LogP contribution in [0.4, 0.5) is 0 Å². The fourth-order valence-electron chi connectivity index (χ4n) is 3.56. The standard InChI is InChI=1S/C22H29N6O9P/c1-12(2)35-21(31)14(4)26-38(33,37-15-8-6-5-7-9-15)34-11-16-18(29)17(25-27-23)20(36-16)28-10-13(3)19(30)24-22(28)32/h5-10,12,14,16-18,20,29H,11H2,1-4H3,(H,26,33)(H,24,30,32)/t14-,16-,17-,18-,20-,38-/m1/s1. The number of aryl methyl sites for hydroxylation is 1. The molecule has 1 aromatic heterocycles. The van der Waals surface area contributed by atoms with Gasteiger partial charge in [0.1, 0.15) is 30.2 Å². The average Bonchev–Trinajstić information content (AvgIpc) is 3.15. The van der Waals surface area contributed by atoms with Crippen LogP contribution in [0.2, 0.25) is 0 Å². The molecule has 1 aromatic carbocycles. The van der Waals surface area contributed by atoms with E-state index in [1.165, 1.54) is 32.2 Å². The van der Waals surface area contributed by atoms with Gasteiger partial charge in [-0.3, -0.25) is 23.7 Å². The van der Waals surface area contributed by atoms with Gasteiger partial charge in [-0.25, -0.2) is 9.36 Å². The molecule has 2 heterocycles. The summed E-state index contributed by atoms with van der Waals surface area (Å²) in [6.07, 6.45) is -3.27. The number of carbonyl (C=O) groups excluding carboxylic acids is 1. The van der Waals surface area contributed by atoms with Gasteiger partial charge in [-0.2, -0.15) is 5.09 Å². The van der Waals surface area contributed by atoms with E-state index in [0.717, 1.165) is 4.57 Å². The van der Waals surface area contributed by atoms with Crippen LogP contribution in [0.5, 0.6) is 5.75 Å². The second-order valence-electron chi connectivity index (χ2n) is 8.76. The van der Waals surface area contributed by atoms with Crippen LogP contribution >= 0.6 is 7.75 Å². The van der Waals surface area contributed by atoms with Gasteiger partial charge in [-0.15, -0.1) is 0 Å². The van der Waals surface area contributed by atoms with Crippen molar-refractivity contribution in [1.82, 2.24) is 14.6 Å². The number of aromatic amines is 1. The molecule has 16 heteroatoms.